The van der Waals surface area contributed by atoms with E-state index in [4.69, 9.17) is 4.74 Å². The lowest BCUT2D eigenvalue weighted by Crippen LogP contribution is -1.94. The molecule has 1 heterocycles. The minimum absolute atomic E-state index is 0.560. The van der Waals surface area contributed by atoms with Gasteiger partial charge in [0.1, 0.15) is 18.1 Å². The van der Waals surface area contributed by atoms with Crippen LogP contribution < -0.4 is 4.74 Å². The van der Waals surface area contributed by atoms with Crippen LogP contribution in [0.5, 0.6) is 5.75 Å². The van der Waals surface area contributed by atoms with Gasteiger partial charge in [0.2, 0.25) is 0 Å². The number of aromatic nitrogens is 2. The van der Waals surface area contributed by atoms with Gasteiger partial charge >= 0.3 is 0 Å². The standard InChI is InChI=1S/C20H16N2O/c1-3-7-15(8-4-1)14-23-17-11-12-19-18(13-17)20(22-21-19)16-9-5-2-6-10-16/h1-13H,14H2,(H,21,22). The van der Waals surface area contributed by atoms with Gasteiger partial charge in [0.15, 0.2) is 0 Å². The molecule has 0 aliphatic heterocycles. The largest absolute Gasteiger partial charge is 0.489 e. The van der Waals surface area contributed by atoms with Crippen LogP contribution in [-0.4, -0.2) is 10.2 Å². The highest BCUT2D eigenvalue weighted by Crippen LogP contribution is 2.29. The van der Waals surface area contributed by atoms with Gasteiger partial charge in [-0.2, -0.15) is 5.10 Å². The van der Waals surface area contributed by atoms with Crippen LogP contribution in [0.15, 0.2) is 78.9 Å². The maximum atomic E-state index is 5.92. The molecule has 0 fully saturated rings. The molecule has 0 spiro atoms. The molecule has 3 nitrogen and oxygen atoms in total. The lowest BCUT2D eigenvalue weighted by molar-refractivity contribution is 0.306. The van der Waals surface area contributed by atoms with Crippen LogP contribution >= 0.6 is 0 Å². The Bertz CT molecular complexity index is 914. The lowest BCUT2D eigenvalue weighted by atomic mass is 10.1. The van der Waals surface area contributed by atoms with Crippen LogP contribution in [0.3, 0.4) is 0 Å². The van der Waals surface area contributed by atoms with Crippen molar-refractivity contribution in [3.05, 3.63) is 84.4 Å². The van der Waals surface area contributed by atoms with Crippen molar-refractivity contribution in [2.24, 2.45) is 0 Å². The van der Waals surface area contributed by atoms with Gasteiger partial charge in [0.05, 0.1) is 5.52 Å². The number of hydrogen-bond donors (Lipinski definition) is 1. The Morgan fingerprint density at radius 3 is 2.35 bits per heavy atom. The summed E-state index contributed by atoms with van der Waals surface area (Å²) >= 11 is 0. The number of rotatable bonds is 4. The van der Waals surface area contributed by atoms with E-state index in [9.17, 15) is 0 Å². The molecule has 1 aromatic heterocycles. The van der Waals surface area contributed by atoms with Crippen LogP contribution in [0.1, 0.15) is 5.56 Å². The van der Waals surface area contributed by atoms with Crippen LogP contribution in [0, 0.1) is 0 Å². The van der Waals surface area contributed by atoms with E-state index in [2.05, 4.69) is 34.5 Å². The van der Waals surface area contributed by atoms with Gasteiger partial charge in [-0.3, -0.25) is 5.10 Å². The van der Waals surface area contributed by atoms with Crippen molar-refractivity contribution in [2.45, 2.75) is 6.61 Å². The second-order valence-electron chi connectivity index (χ2n) is 5.42. The van der Waals surface area contributed by atoms with Gasteiger partial charge in [0.25, 0.3) is 0 Å². The van der Waals surface area contributed by atoms with E-state index >= 15 is 0 Å². The Morgan fingerprint density at radius 1 is 0.826 bits per heavy atom. The monoisotopic (exact) mass is 300 g/mol. The van der Waals surface area contributed by atoms with Crippen molar-refractivity contribution in [2.75, 3.05) is 0 Å². The number of aromatic amines is 1. The number of fused-ring (bicyclic) bond motifs is 1. The third-order valence-corrected chi connectivity index (χ3v) is 3.83. The molecule has 112 valence electrons. The van der Waals surface area contributed by atoms with Crippen molar-refractivity contribution in [1.29, 1.82) is 0 Å². The zero-order chi connectivity index (χ0) is 15.5. The topological polar surface area (TPSA) is 37.9 Å². The van der Waals surface area contributed by atoms with E-state index in [0.717, 1.165) is 33.5 Å². The van der Waals surface area contributed by atoms with Crippen molar-refractivity contribution >= 4 is 10.9 Å². The summed E-state index contributed by atoms with van der Waals surface area (Å²) in [5, 5.41) is 8.60. The fraction of sp³-hybridized carbons (Fsp3) is 0.0500. The van der Waals surface area contributed by atoms with E-state index < -0.39 is 0 Å². The van der Waals surface area contributed by atoms with E-state index in [1.165, 1.54) is 0 Å². The molecule has 0 unspecified atom stereocenters. The Labute approximate surface area is 134 Å². The first kappa shape index (κ1) is 13.6. The van der Waals surface area contributed by atoms with Crippen LogP contribution in [0.2, 0.25) is 0 Å². The van der Waals surface area contributed by atoms with E-state index in [1.807, 2.05) is 54.6 Å². The third kappa shape index (κ3) is 2.81. The molecular weight excluding hydrogens is 284 g/mol. The number of nitrogens with one attached hydrogen (secondary N) is 1. The molecule has 0 bridgehead atoms. The van der Waals surface area contributed by atoms with E-state index in [-0.39, 0.29) is 0 Å². The van der Waals surface area contributed by atoms with Crippen molar-refractivity contribution < 1.29 is 4.74 Å². The maximum absolute atomic E-state index is 5.92. The number of ether oxygens (including phenoxy) is 1. The van der Waals surface area contributed by atoms with Gasteiger partial charge in [-0.25, -0.2) is 0 Å². The highest BCUT2D eigenvalue weighted by atomic mass is 16.5. The summed E-state index contributed by atoms with van der Waals surface area (Å²) in [5.41, 5.74) is 4.21. The smallest absolute Gasteiger partial charge is 0.120 e. The van der Waals surface area contributed by atoms with Crippen LogP contribution in [0.4, 0.5) is 0 Å². The normalized spacial score (nSPS) is 10.8. The van der Waals surface area contributed by atoms with Crippen molar-refractivity contribution in [3.63, 3.8) is 0 Å². The molecule has 3 aromatic carbocycles. The first-order chi connectivity index (χ1) is 11.4. The predicted octanol–water partition coefficient (Wildman–Crippen LogP) is 4.81. The summed E-state index contributed by atoms with van der Waals surface area (Å²) in [6, 6.07) is 26.4. The maximum Gasteiger partial charge on any atom is 0.120 e. The average molecular weight is 300 g/mol. The first-order valence-electron chi connectivity index (χ1n) is 7.60. The Hall–Kier alpha value is -3.07. The third-order valence-electron chi connectivity index (χ3n) is 3.83. The van der Waals surface area contributed by atoms with E-state index in [0.29, 0.717) is 6.61 Å². The summed E-state index contributed by atoms with van der Waals surface area (Å²) in [6.45, 7) is 0.560. The molecule has 0 saturated heterocycles. The molecule has 0 aliphatic rings. The molecule has 0 amide bonds. The average Bonchev–Trinajstić information content (AvgIpc) is 3.05. The van der Waals surface area contributed by atoms with Crippen molar-refractivity contribution in [1.82, 2.24) is 10.2 Å². The van der Waals surface area contributed by atoms with Crippen LogP contribution in [0.25, 0.3) is 22.2 Å². The minimum Gasteiger partial charge on any atom is -0.489 e. The Morgan fingerprint density at radius 2 is 1.57 bits per heavy atom. The molecule has 0 atom stereocenters. The molecule has 0 aliphatic carbocycles. The minimum atomic E-state index is 0.560. The second-order valence-corrected chi connectivity index (χ2v) is 5.42. The highest BCUT2D eigenvalue weighted by molar-refractivity contribution is 5.93. The van der Waals surface area contributed by atoms with Gasteiger partial charge in [-0.05, 0) is 23.8 Å². The number of H-pyrrole nitrogens is 1. The van der Waals surface area contributed by atoms with Gasteiger partial charge in [0, 0.05) is 10.9 Å². The van der Waals surface area contributed by atoms with Gasteiger partial charge in [-0.1, -0.05) is 60.7 Å². The van der Waals surface area contributed by atoms with Crippen LogP contribution in [-0.2, 0) is 6.61 Å². The Balaban J connectivity index is 1.65. The van der Waals surface area contributed by atoms with Gasteiger partial charge in [-0.15, -0.1) is 0 Å². The molecule has 1 N–H and O–H groups in total. The van der Waals surface area contributed by atoms with E-state index in [1.54, 1.807) is 0 Å². The predicted molar refractivity (Wildman–Crippen MR) is 92.3 cm³/mol. The number of nitrogens with zero attached hydrogens (tertiary/aromatic N) is 1. The molecule has 0 saturated carbocycles. The molecular formula is C20H16N2O. The van der Waals surface area contributed by atoms with Crippen molar-refractivity contribution in [3.8, 4) is 17.0 Å². The molecule has 4 rings (SSSR count). The molecule has 4 aromatic rings. The lowest BCUT2D eigenvalue weighted by Gasteiger charge is -2.06. The fourth-order valence-corrected chi connectivity index (χ4v) is 2.64. The number of benzene rings is 3. The first-order valence-corrected chi connectivity index (χ1v) is 7.60. The highest BCUT2D eigenvalue weighted by Gasteiger charge is 2.09. The molecule has 23 heavy (non-hydrogen) atoms. The zero-order valence-corrected chi connectivity index (χ0v) is 12.6. The summed E-state index contributed by atoms with van der Waals surface area (Å²) in [4.78, 5) is 0. The fourth-order valence-electron chi connectivity index (χ4n) is 2.64. The summed E-state index contributed by atoms with van der Waals surface area (Å²) < 4.78 is 5.92. The van der Waals surface area contributed by atoms with Gasteiger partial charge < -0.3 is 4.74 Å². The molecule has 0 radical (unpaired) electrons. The quantitative estimate of drug-likeness (QED) is 0.587. The SMILES string of the molecule is c1ccc(COc2ccc3[nH]nc(-c4ccccc4)c3c2)cc1. The molecule has 3 heteroatoms. The summed E-state index contributed by atoms with van der Waals surface area (Å²) in [6.07, 6.45) is 0. The second kappa shape index (κ2) is 5.97. The number of hydrogen-bond acceptors (Lipinski definition) is 2. The summed E-state index contributed by atoms with van der Waals surface area (Å²) in [7, 11) is 0. The summed E-state index contributed by atoms with van der Waals surface area (Å²) in [5.74, 6) is 0.847. The zero-order valence-electron chi connectivity index (χ0n) is 12.6. The Kier molecular flexibility index (Phi) is 3.53.